The van der Waals surface area contributed by atoms with Gasteiger partial charge >= 0.3 is 0 Å². The number of aliphatic hydroxyl groups excluding tert-OH is 4. The number of carbonyl (C=O) groups is 1. The molecule has 4 aliphatic carbocycles. The molecule has 0 bridgehead atoms. The number of rotatable bonds is 7. The van der Waals surface area contributed by atoms with Crippen molar-refractivity contribution < 1.29 is 25.2 Å². The predicted octanol–water partition coefficient (Wildman–Crippen LogP) is 3.96. The molecule has 0 heterocycles. The molecule has 4 N–H and O–H groups in total. The van der Waals surface area contributed by atoms with Crippen LogP contribution in [0.3, 0.4) is 0 Å². The molecule has 34 heavy (non-hydrogen) atoms. The van der Waals surface area contributed by atoms with Crippen LogP contribution in [-0.2, 0) is 4.79 Å². The van der Waals surface area contributed by atoms with Crippen molar-refractivity contribution in [2.45, 2.75) is 84.8 Å². The van der Waals surface area contributed by atoms with E-state index in [2.05, 4.69) is 26.8 Å². The maximum Gasteiger partial charge on any atom is 0.160 e. The molecule has 0 amide bonds. The first-order valence-corrected chi connectivity index (χ1v) is 13.3. The molecule has 0 aromatic heterocycles. The van der Waals surface area contributed by atoms with Crippen molar-refractivity contribution in [3.63, 3.8) is 0 Å². The van der Waals surface area contributed by atoms with Crippen LogP contribution >= 0.6 is 0 Å². The van der Waals surface area contributed by atoms with Crippen LogP contribution in [0.5, 0.6) is 0 Å². The first-order valence-electron chi connectivity index (χ1n) is 13.3. The van der Waals surface area contributed by atoms with E-state index in [0.717, 1.165) is 43.3 Å². The molecule has 0 spiro atoms. The minimum atomic E-state index is -0.409. The van der Waals surface area contributed by atoms with Gasteiger partial charge in [0, 0.05) is 23.9 Å². The summed E-state index contributed by atoms with van der Waals surface area (Å²) >= 11 is 0. The second-order valence-electron chi connectivity index (χ2n) is 12.2. The Bertz CT molecular complexity index is 887. The van der Waals surface area contributed by atoms with E-state index in [-0.39, 0.29) is 65.5 Å². The third-order valence-corrected chi connectivity index (χ3v) is 10.2. The molecule has 2 saturated carbocycles. The third kappa shape index (κ3) is 4.17. The van der Waals surface area contributed by atoms with Gasteiger partial charge in [0.2, 0.25) is 0 Å². The molecule has 4 aliphatic rings. The molecule has 0 aliphatic heterocycles. The van der Waals surface area contributed by atoms with Crippen LogP contribution in [0.25, 0.3) is 0 Å². The van der Waals surface area contributed by atoms with Crippen molar-refractivity contribution in [2.24, 2.45) is 40.4 Å². The van der Waals surface area contributed by atoms with Crippen LogP contribution in [0.4, 0.5) is 0 Å². The summed E-state index contributed by atoms with van der Waals surface area (Å²) in [5.41, 5.74) is 3.22. The Balaban J connectivity index is 1.59. The summed E-state index contributed by atoms with van der Waals surface area (Å²) in [5, 5.41) is 40.5. The number of ketones is 1. The Hall–Kier alpha value is -1.27. The van der Waals surface area contributed by atoms with Crippen molar-refractivity contribution in [2.75, 3.05) is 13.2 Å². The number of aliphatic hydroxyl groups is 4. The molecule has 4 rings (SSSR count). The van der Waals surface area contributed by atoms with E-state index in [1.165, 1.54) is 5.57 Å². The number of carbonyl (C=O) groups excluding carboxylic acids is 1. The molecule has 9 atom stereocenters. The van der Waals surface area contributed by atoms with E-state index >= 15 is 0 Å². The zero-order valence-corrected chi connectivity index (χ0v) is 21.3. The first-order chi connectivity index (χ1) is 16.1. The maximum atomic E-state index is 13.2. The van der Waals surface area contributed by atoms with E-state index in [9.17, 15) is 25.2 Å². The molecular formula is C29H44O5. The monoisotopic (exact) mass is 472 g/mol. The second kappa shape index (κ2) is 9.65. The molecule has 5 heteroatoms. The van der Waals surface area contributed by atoms with E-state index < -0.39 is 6.10 Å². The molecule has 0 aromatic carbocycles. The van der Waals surface area contributed by atoms with Gasteiger partial charge < -0.3 is 20.4 Å². The lowest BCUT2D eigenvalue weighted by molar-refractivity contribution is -0.125. The SMILES string of the molecule is C[C@H](CO)C(=CCO)CC[C@@H](C)[C@H]1[C@@H](O)C[C@H]2C3=CC(=O)[C@H]4C[C@@H](O)CC[C@]4(C)C3=CC[C@]12C. The van der Waals surface area contributed by atoms with Gasteiger partial charge in [-0.05, 0) is 85.3 Å². The molecule has 2 fully saturated rings. The lowest BCUT2D eigenvalue weighted by Gasteiger charge is -2.52. The number of fused-ring (bicyclic) bond motifs is 5. The Kier molecular flexibility index (Phi) is 7.32. The van der Waals surface area contributed by atoms with E-state index in [4.69, 9.17) is 0 Å². The van der Waals surface area contributed by atoms with Gasteiger partial charge in [-0.2, -0.15) is 0 Å². The largest absolute Gasteiger partial charge is 0.396 e. The maximum absolute atomic E-state index is 13.2. The standard InChI is InChI=1S/C29H44O5/c1-17(5-6-19(9-12-30)18(2)16-31)27-26(34)15-23-21-14-25(33)24-13-20(32)7-10-28(24,3)22(21)8-11-29(23,27)4/h8-9,14,17-18,20,23-24,26-27,30-32,34H,5-7,10-13,15-16H2,1-4H3/t17-,18-,20+,23+,24-,26+,27+,28-,29+/m1/s1. The topological polar surface area (TPSA) is 98.0 Å². The molecule has 0 unspecified atom stereocenters. The van der Waals surface area contributed by atoms with Gasteiger partial charge in [-0.25, -0.2) is 0 Å². The van der Waals surface area contributed by atoms with Gasteiger partial charge in [0.1, 0.15) is 0 Å². The van der Waals surface area contributed by atoms with Gasteiger partial charge in [0.15, 0.2) is 5.78 Å². The molecular weight excluding hydrogens is 428 g/mol. The molecule has 0 saturated heterocycles. The summed E-state index contributed by atoms with van der Waals surface area (Å²) in [5.74, 6) is 0.623. The van der Waals surface area contributed by atoms with Crippen LogP contribution in [-0.4, -0.2) is 51.6 Å². The molecule has 0 aromatic rings. The van der Waals surface area contributed by atoms with Crippen LogP contribution in [0, 0.1) is 40.4 Å². The quantitative estimate of drug-likeness (QED) is 0.421. The minimum absolute atomic E-state index is 0.0214. The highest BCUT2D eigenvalue weighted by Crippen LogP contribution is 2.64. The minimum Gasteiger partial charge on any atom is -0.396 e. The van der Waals surface area contributed by atoms with Crippen molar-refractivity contribution in [3.8, 4) is 0 Å². The summed E-state index contributed by atoms with van der Waals surface area (Å²) in [6.07, 6.45) is 10.7. The zero-order chi connectivity index (χ0) is 24.8. The lowest BCUT2D eigenvalue weighted by Crippen LogP contribution is -2.48. The number of allylic oxidation sites excluding steroid dienone is 4. The Labute approximate surface area is 204 Å². The third-order valence-electron chi connectivity index (χ3n) is 10.2. The van der Waals surface area contributed by atoms with E-state index in [0.29, 0.717) is 12.8 Å². The number of hydrogen-bond donors (Lipinski definition) is 4. The Morgan fingerprint density at radius 3 is 2.59 bits per heavy atom. The summed E-state index contributed by atoms with van der Waals surface area (Å²) in [6, 6.07) is 0. The van der Waals surface area contributed by atoms with Gasteiger partial charge in [-0.3, -0.25) is 4.79 Å². The van der Waals surface area contributed by atoms with Crippen molar-refractivity contribution in [3.05, 3.63) is 34.9 Å². The van der Waals surface area contributed by atoms with E-state index in [1.54, 1.807) is 0 Å². The van der Waals surface area contributed by atoms with Crippen LogP contribution in [0.2, 0.25) is 0 Å². The fourth-order valence-corrected chi connectivity index (χ4v) is 8.14. The fourth-order valence-electron chi connectivity index (χ4n) is 8.14. The highest BCUT2D eigenvalue weighted by atomic mass is 16.3. The smallest absolute Gasteiger partial charge is 0.160 e. The van der Waals surface area contributed by atoms with Crippen molar-refractivity contribution in [1.29, 1.82) is 0 Å². The summed E-state index contributed by atoms with van der Waals surface area (Å²) in [4.78, 5) is 13.2. The fraction of sp³-hybridized carbons (Fsp3) is 0.759. The molecule has 190 valence electrons. The average Bonchev–Trinajstić information content (AvgIpc) is 3.07. The highest BCUT2D eigenvalue weighted by molar-refractivity contribution is 5.96. The van der Waals surface area contributed by atoms with Crippen LogP contribution in [0.1, 0.15) is 72.6 Å². The number of hydrogen-bond acceptors (Lipinski definition) is 5. The lowest BCUT2D eigenvalue weighted by atomic mass is 9.51. The first kappa shape index (κ1) is 25.8. The van der Waals surface area contributed by atoms with Gasteiger partial charge in [-0.1, -0.05) is 45.4 Å². The average molecular weight is 473 g/mol. The van der Waals surface area contributed by atoms with Gasteiger partial charge in [-0.15, -0.1) is 0 Å². The second-order valence-corrected chi connectivity index (χ2v) is 12.2. The summed E-state index contributed by atoms with van der Waals surface area (Å²) in [7, 11) is 0. The normalized spacial score (nSPS) is 41.7. The summed E-state index contributed by atoms with van der Waals surface area (Å²) in [6.45, 7) is 8.76. The summed E-state index contributed by atoms with van der Waals surface area (Å²) < 4.78 is 0. The van der Waals surface area contributed by atoms with Crippen LogP contribution in [0.15, 0.2) is 34.9 Å². The predicted molar refractivity (Wildman–Crippen MR) is 133 cm³/mol. The van der Waals surface area contributed by atoms with Crippen molar-refractivity contribution in [1.82, 2.24) is 0 Å². The highest BCUT2D eigenvalue weighted by Gasteiger charge is 2.59. The van der Waals surface area contributed by atoms with Crippen LogP contribution < -0.4 is 0 Å². The zero-order valence-electron chi connectivity index (χ0n) is 21.3. The van der Waals surface area contributed by atoms with E-state index in [1.807, 2.05) is 19.1 Å². The Morgan fingerprint density at radius 1 is 1.18 bits per heavy atom. The van der Waals surface area contributed by atoms with Gasteiger partial charge in [0.25, 0.3) is 0 Å². The van der Waals surface area contributed by atoms with Crippen molar-refractivity contribution >= 4 is 5.78 Å². The molecule has 5 nitrogen and oxygen atoms in total. The Morgan fingerprint density at radius 2 is 1.91 bits per heavy atom. The van der Waals surface area contributed by atoms with Gasteiger partial charge in [0.05, 0.1) is 18.8 Å². The molecule has 0 radical (unpaired) electrons.